The van der Waals surface area contributed by atoms with Crippen LogP contribution in [0, 0.1) is 24.2 Å². The van der Waals surface area contributed by atoms with Crippen molar-refractivity contribution in [3.8, 4) is 0 Å². The Bertz CT molecular complexity index is 1420. The van der Waals surface area contributed by atoms with Crippen molar-refractivity contribution in [3.05, 3.63) is 143 Å². The van der Waals surface area contributed by atoms with Crippen molar-refractivity contribution < 1.29 is 0 Å². The highest BCUT2D eigenvalue weighted by atomic mass is 14.5. The zero-order valence-corrected chi connectivity index (χ0v) is 33.8. The van der Waals surface area contributed by atoms with Gasteiger partial charge in [-0.2, -0.15) is 0 Å². The summed E-state index contributed by atoms with van der Waals surface area (Å²) in [7, 11) is 0. The first-order valence-corrected chi connectivity index (χ1v) is 19.6. The Morgan fingerprint density at radius 3 is 1.41 bits per heavy atom. The van der Waals surface area contributed by atoms with Crippen LogP contribution < -0.4 is 0 Å². The van der Waals surface area contributed by atoms with Gasteiger partial charge in [-0.1, -0.05) is 162 Å². The molecule has 0 nitrogen and oxygen atoms in total. The third-order valence-electron chi connectivity index (χ3n) is 12.0. The number of rotatable bonds is 10. The number of aryl methyl sites for hydroxylation is 1. The van der Waals surface area contributed by atoms with Crippen molar-refractivity contribution in [3.63, 3.8) is 0 Å². The topological polar surface area (TPSA) is 0 Å². The molecule has 0 amide bonds. The van der Waals surface area contributed by atoms with E-state index in [9.17, 15) is 0 Å². The second-order valence-corrected chi connectivity index (χ2v) is 14.8. The van der Waals surface area contributed by atoms with E-state index in [1.807, 2.05) is 27.7 Å². The molecule has 0 radical (unpaired) electrons. The summed E-state index contributed by atoms with van der Waals surface area (Å²) >= 11 is 0. The molecular weight excluding hydrogens is 589 g/mol. The Balaban J connectivity index is 0.00000201. The molecule has 0 aliphatic heterocycles. The molecule has 0 heteroatoms. The summed E-state index contributed by atoms with van der Waals surface area (Å²) in [5, 5.41) is 0. The first-order valence-electron chi connectivity index (χ1n) is 19.6. The number of allylic oxidation sites excluding steroid dienone is 11. The van der Waals surface area contributed by atoms with Gasteiger partial charge in [0.1, 0.15) is 0 Å². The molecule has 0 spiro atoms. The highest BCUT2D eigenvalue weighted by Crippen LogP contribution is 2.57. The molecule has 2 fully saturated rings. The fourth-order valence-corrected chi connectivity index (χ4v) is 8.77. The molecule has 2 aromatic rings. The lowest BCUT2D eigenvalue weighted by molar-refractivity contribution is 0.0363. The Labute approximate surface area is 304 Å². The Morgan fingerprint density at radius 2 is 1.02 bits per heavy atom. The Hall–Kier alpha value is -3.12. The van der Waals surface area contributed by atoms with Gasteiger partial charge in [0.15, 0.2) is 0 Å². The molecule has 0 aromatic heterocycles. The van der Waals surface area contributed by atoms with Crippen molar-refractivity contribution in [2.75, 3.05) is 0 Å². The van der Waals surface area contributed by atoms with E-state index in [1.54, 1.807) is 0 Å². The van der Waals surface area contributed by atoms with Crippen molar-refractivity contribution in [1.29, 1.82) is 0 Å². The molecule has 2 saturated carbocycles. The Kier molecular flexibility index (Phi) is 17.1. The smallest absolute Gasteiger partial charge is 0.0199 e. The summed E-state index contributed by atoms with van der Waals surface area (Å²) in [6.45, 7) is 30.5. The average Bonchev–Trinajstić information content (AvgIpc) is 3.14. The van der Waals surface area contributed by atoms with Crippen LogP contribution in [0.3, 0.4) is 0 Å². The quantitative estimate of drug-likeness (QED) is 0.223. The summed E-state index contributed by atoms with van der Waals surface area (Å²) < 4.78 is 0. The summed E-state index contributed by atoms with van der Waals surface area (Å²) in [4.78, 5) is 0. The number of benzene rings is 2. The van der Waals surface area contributed by atoms with Crippen LogP contribution in [0.4, 0.5) is 0 Å². The minimum Gasteiger partial charge on any atom is -0.0961 e. The van der Waals surface area contributed by atoms with Gasteiger partial charge in [0.05, 0.1) is 0 Å². The summed E-state index contributed by atoms with van der Waals surface area (Å²) in [5.41, 5.74) is 10.2. The fraction of sp³-hybridized carbons (Fsp3) is 0.510. The predicted octanol–water partition coefficient (Wildman–Crippen LogP) is 15.2. The summed E-state index contributed by atoms with van der Waals surface area (Å²) in [6, 6.07) is 20.8. The predicted molar refractivity (Wildman–Crippen MR) is 221 cm³/mol. The average molecular weight is 661 g/mol. The first-order chi connectivity index (χ1) is 23.5. The van der Waals surface area contributed by atoms with Gasteiger partial charge in [-0.15, -0.1) is 0 Å². The maximum atomic E-state index is 4.15. The van der Waals surface area contributed by atoms with E-state index in [1.165, 1.54) is 84.8 Å². The number of hydrogen-bond acceptors (Lipinski definition) is 0. The molecule has 0 bridgehead atoms. The van der Waals surface area contributed by atoms with Gasteiger partial charge in [0, 0.05) is 10.8 Å². The van der Waals surface area contributed by atoms with E-state index in [0.717, 1.165) is 17.4 Å². The van der Waals surface area contributed by atoms with Crippen molar-refractivity contribution in [2.24, 2.45) is 17.3 Å². The monoisotopic (exact) mass is 661 g/mol. The lowest BCUT2D eigenvalue weighted by Gasteiger charge is -2.52. The molecule has 268 valence electrons. The molecule has 0 unspecified atom stereocenters. The van der Waals surface area contributed by atoms with Crippen LogP contribution in [-0.2, 0) is 10.8 Å². The molecule has 0 atom stereocenters. The second-order valence-electron chi connectivity index (χ2n) is 14.8. The summed E-state index contributed by atoms with van der Waals surface area (Å²) in [6.07, 6.45) is 26.2. The Morgan fingerprint density at radius 1 is 0.612 bits per heavy atom. The van der Waals surface area contributed by atoms with E-state index in [-0.39, 0.29) is 10.8 Å². The zero-order chi connectivity index (χ0) is 36.7. The fourth-order valence-electron chi connectivity index (χ4n) is 8.77. The minimum atomic E-state index is 0.0776. The van der Waals surface area contributed by atoms with Gasteiger partial charge in [0.25, 0.3) is 0 Å². The van der Waals surface area contributed by atoms with Gasteiger partial charge in [0.2, 0.25) is 0 Å². The normalized spacial score (nSPS) is 25.3. The van der Waals surface area contributed by atoms with Crippen LogP contribution in [0.5, 0.6) is 0 Å². The van der Waals surface area contributed by atoms with Gasteiger partial charge >= 0.3 is 0 Å². The third-order valence-corrected chi connectivity index (χ3v) is 12.0. The number of hydrogen-bond donors (Lipinski definition) is 0. The maximum absolute atomic E-state index is 4.15. The van der Waals surface area contributed by atoms with E-state index >= 15 is 0 Å². The minimum absolute atomic E-state index is 0.0776. The zero-order valence-electron chi connectivity index (χ0n) is 33.8. The van der Waals surface area contributed by atoms with E-state index in [4.69, 9.17) is 0 Å². The summed E-state index contributed by atoms with van der Waals surface area (Å²) in [5.74, 6) is 1.49. The van der Waals surface area contributed by atoms with E-state index < -0.39 is 0 Å². The van der Waals surface area contributed by atoms with Crippen LogP contribution in [0.2, 0.25) is 0 Å². The molecule has 2 aliphatic rings. The highest BCUT2D eigenvalue weighted by molar-refractivity contribution is 5.45. The van der Waals surface area contributed by atoms with Gasteiger partial charge < -0.3 is 0 Å². The van der Waals surface area contributed by atoms with Gasteiger partial charge in [-0.3, -0.25) is 0 Å². The largest absolute Gasteiger partial charge is 0.0961 e. The molecule has 4 rings (SSSR count). The van der Waals surface area contributed by atoms with Crippen LogP contribution >= 0.6 is 0 Å². The van der Waals surface area contributed by atoms with Crippen molar-refractivity contribution in [1.82, 2.24) is 0 Å². The SMILES string of the molecule is C=C(C)/C=C\C(=C/C)C1(c2ccc(C)cc2)CCC(C(C)(C)C2CCC(C(/C=C\C(C)=C/C)=C/C)(c3ccccc3)CC2)CC1.CC.CC. The molecule has 0 heterocycles. The van der Waals surface area contributed by atoms with Gasteiger partial charge in [-0.05, 0) is 132 Å². The lowest BCUT2D eigenvalue weighted by Crippen LogP contribution is -2.43. The van der Waals surface area contributed by atoms with Crippen molar-refractivity contribution >= 4 is 0 Å². The molecule has 49 heavy (non-hydrogen) atoms. The molecule has 2 aliphatic carbocycles. The molecule has 0 N–H and O–H groups in total. The second kappa shape index (κ2) is 19.9. The van der Waals surface area contributed by atoms with E-state index in [0.29, 0.717) is 5.41 Å². The van der Waals surface area contributed by atoms with Crippen LogP contribution in [0.25, 0.3) is 0 Å². The third kappa shape index (κ3) is 9.99. The van der Waals surface area contributed by atoms with Crippen LogP contribution in [-0.4, -0.2) is 0 Å². The van der Waals surface area contributed by atoms with Crippen LogP contribution in [0.15, 0.2) is 126 Å². The molecule has 0 saturated heterocycles. The maximum Gasteiger partial charge on any atom is 0.0199 e. The molecular formula is C49H72. The first kappa shape index (κ1) is 42.0. The van der Waals surface area contributed by atoms with Crippen molar-refractivity contribution in [2.45, 2.75) is 145 Å². The van der Waals surface area contributed by atoms with Gasteiger partial charge in [-0.25, -0.2) is 0 Å². The van der Waals surface area contributed by atoms with Crippen LogP contribution in [0.1, 0.15) is 144 Å². The lowest BCUT2D eigenvalue weighted by atomic mass is 9.53. The van der Waals surface area contributed by atoms with E-state index in [2.05, 4.69) is 159 Å². The standard InChI is InChI=1S/C45H60.2C2H6/c1-10-35(6)19-23-38(12-3)44(41-16-14-13-15-17-41)30-26-39(27-31-44)43(8,9)40-28-32-45(33-29-40,37(11-2)22-18-34(4)5)42-24-20-36(7)21-25-42;2*1-2/h10-25,39-40H,4,26-33H2,1-3,5-9H3;2*1-2H3/b22-18-,23-19-,35-10-,37-11+,38-12+;;. The molecule has 2 aromatic carbocycles. The highest BCUT2D eigenvalue weighted by Gasteiger charge is 2.48.